The zero-order chi connectivity index (χ0) is 14.9. The summed E-state index contributed by atoms with van der Waals surface area (Å²) in [6.45, 7) is 4.74. The minimum absolute atomic E-state index is 0.0875. The van der Waals surface area contributed by atoms with E-state index in [1.807, 2.05) is 14.0 Å². The highest BCUT2D eigenvalue weighted by Crippen LogP contribution is 2.38. The monoisotopic (exact) mass is 380 g/mol. The number of halogens is 1. The van der Waals surface area contributed by atoms with Crippen molar-refractivity contribution in [3.05, 3.63) is 14.7 Å². The van der Waals surface area contributed by atoms with Crippen molar-refractivity contribution in [1.29, 1.82) is 0 Å². The van der Waals surface area contributed by atoms with Crippen molar-refractivity contribution in [3.63, 3.8) is 0 Å². The van der Waals surface area contributed by atoms with Gasteiger partial charge in [0.1, 0.15) is 4.90 Å². The molecule has 1 aliphatic heterocycles. The van der Waals surface area contributed by atoms with Gasteiger partial charge in [0.15, 0.2) is 0 Å². The second-order valence-corrected chi connectivity index (χ2v) is 9.47. The second kappa shape index (κ2) is 6.44. The molecular formula is C13H21BrN2O2S2. The molecule has 0 amide bonds. The van der Waals surface area contributed by atoms with E-state index in [2.05, 4.69) is 28.2 Å². The number of nitrogens with one attached hydrogen (secondary N) is 1. The van der Waals surface area contributed by atoms with Crippen LogP contribution in [0.5, 0.6) is 0 Å². The number of hydrogen-bond donors (Lipinski definition) is 1. The lowest BCUT2D eigenvalue weighted by Gasteiger charge is -2.26. The first kappa shape index (κ1) is 16.4. The predicted molar refractivity (Wildman–Crippen MR) is 86.6 cm³/mol. The quantitative estimate of drug-likeness (QED) is 0.852. The molecule has 2 rings (SSSR count). The van der Waals surface area contributed by atoms with Crippen LogP contribution in [0.4, 0.5) is 0 Å². The zero-order valence-corrected chi connectivity index (χ0v) is 15.2. The Kier molecular flexibility index (Phi) is 5.29. The molecule has 2 atom stereocenters. The van der Waals surface area contributed by atoms with Crippen molar-refractivity contribution in [2.45, 2.75) is 56.6 Å². The van der Waals surface area contributed by atoms with Gasteiger partial charge >= 0.3 is 0 Å². The average Bonchev–Trinajstić information content (AvgIpc) is 2.93. The van der Waals surface area contributed by atoms with Crippen LogP contribution in [-0.2, 0) is 16.6 Å². The van der Waals surface area contributed by atoms with Crippen LogP contribution in [-0.4, -0.2) is 31.9 Å². The fraction of sp³-hybridized carbons (Fsp3) is 0.692. The van der Waals surface area contributed by atoms with Crippen LogP contribution in [0.1, 0.15) is 38.0 Å². The Hall–Kier alpha value is 0.0500. The molecule has 0 radical (unpaired) electrons. The van der Waals surface area contributed by atoms with Gasteiger partial charge in [0.25, 0.3) is 0 Å². The van der Waals surface area contributed by atoms with Crippen LogP contribution in [0.3, 0.4) is 0 Å². The standard InChI is InChI=1S/C13H21BrN2O2S2/c1-4-10-6-5-9(2)16(10)20(17,18)12-7-11(8-15-3)19-13(12)14/h7,9-10,15H,4-6,8H2,1-3H3. The summed E-state index contributed by atoms with van der Waals surface area (Å²) in [7, 11) is -1.55. The highest BCUT2D eigenvalue weighted by molar-refractivity contribution is 9.11. The van der Waals surface area contributed by atoms with Crippen molar-refractivity contribution >= 4 is 37.3 Å². The molecule has 4 nitrogen and oxygen atoms in total. The predicted octanol–water partition coefficient (Wildman–Crippen LogP) is 3.18. The summed E-state index contributed by atoms with van der Waals surface area (Å²) in [6.07, 6.45) is 2.78. The summed E-state index contributed by atoms with van der Waals surface area (Å²) >= 11 is 4.90. The molecule has 1 saturated heterocycles. The third-order valence-corrected chi connectivity index (χ3v) is 8.12. The van der Waals surface area contributed by atoms with Crippen LogP contribution < -0.4 is 5.32 Å². The topological polar surface area (TPSA) is 49.4 Å². The van der Waals surface area contributed by atoms with E-state index >= 15 is 0 Å². The maximum absolute atomic E-state index is 12.9. The van der Waals surface area contributed by atoms with Gasteiger partial charge in [-0.15, -0.1) is 11.3 Å². The largest absolute Gasteiger partial charge is 0.315 e. The summed E-state index contributed by atoms with van der Waals surface area (Å²) in [4.78, 5) is 1.44. The van der Waals surface area contributed by atoms with Crippen molar-refractivity contribution in [3.8, 4) is 0 Å². The first-order valence-electron chi connectivity index (χ1n) is 6.88. The molecule has 7 heteroatoms. The molecule has 0 aromatic carbocycles. The lowest BCUT2D eigenvalue weighted by Crippen LogP contribution is -2.39. The summed E-state index contributed by atoms with van der Waals surface area (Å²) in [5.74, 6) is 0. The van der Waals surface area contributed by atoms with Crippen LogP contribution in [0.2, 0.25) is 0 Å². The smallest absolute Gasteiger partial charge is 0.245 e. The van der Waals surface area contributed by atoms with Gasteiger partial charge in [-0.1, -0.05) is 6.92 Å². The van der Waals surface area contributed by atoms with E-state index in [0.29, 0.717) is 15.2 Å². The molecular weight excluding hydrogens is 360 g/mol. The van der Waals surface area contributed by atoms with Crippen LogP contribution in [0.25, 0.3) is 0 Å². The van der Waals surface area contributed by atoms with E-state index in [0.717, 1.165) is 24.1 Å². The maximum atomic E-state index is 12.9. The minimum atomic E-state index is -3.41. The van der Waals surface area contributed by atoms with E-state index in [9.17, 15) is 8.42 Å². The highest BCUT2D eigenvalue weighted by Gasteiger charge is 2.40. The molecule has 1 aromatic rings. The lowest BCUT2D eigenvalue weighted by molar-refractivity contribution is 0.328. The molecule has 1 N–H and O–H groups in total. The molecule has 2 unspecified atom stereocenters. The zero-order valence-electron chi connectivity index (χ0n) is 12.0. The molecule has 1 aromatic heterocycles. The minimum Gasteiger partial charge on any atom is -0.315 e. The summed E-state index contributed by atoms with van der Waals surface area (Å²) in [5.41, 5.74) is 0. The van der Waals surface area contributed by atoms with Gasteiger partial charge in [0.05, 0.1) is 3.79 Å². The van der Waals surface area contributed by atoms with E-state index < -0.39 is 10.0 Å². The van der Waals surface area contributed by atoms with Crippen molar-refractivity contribution in [1.82, 2.24) is 9.62 Å². The average molecular weight is 381 g/mol. The van der Waals surface area contributed by atoms with Gasteiger partial charge in [-0.2, -0.15) is 4.31 Å². The third-order valence-electron chi connectivity index (χ3n) is 3.80. The fourth-order valence-corrected chi connectivity index (χ4v) is 7.41. The van der Waals surface area contributed by atoms with Crippen LogP contribution in [0, 0.1) is 0 Å². The molecule has 1 fully saturated rings. The van der Waals surface area contributed by atoms with Crippen LogP contribution >= 0.6 is 27.3 Å². The van der Waals surface area contributed by atoms with Crippen molar-refractivity contribution < 1.29 is 8.42 Å². The van der Waals surface area contributed by atoms with Gasteiger partial charge in [-0.05, 0) is 55.2 Å². The molecule has 20 heavy (non-hydrogen) atoms. The number of hydrogen-bond acceptors (Lipinski definition) is 4. The van der Waals surface area contributed by atoms with E-state index in [1.165, 1.54) is 11.3 Å². The summed E-state index contributed by atoms with van der Waals surface area (Å²) < 4.78 is 28.3. The molecule has 114 valence electrons. The first-order chi connectivity index (χ1) is 9.41. The molecule has 0 spiro atoms. The Balaban J connectivity index is 2.39. The Bertz CT molecular complexity index is 571. The van der Waals surface area contributed by atoms with Crippen LogP contribution in [0.15, 0.2) is 14.7 Å². The maximum Gasteiger partial charge on any atom is 0.245 e. The molecule has 1 aliphatic rings. The summed E-state index contributed by atoms with van der Waals surface area (Å²) in [6, 6.07) is 2.01. The van der Waals surface area contributed by atoms with Gasteiger partial charge in [-0.3, -0.25) is 0 Å². The Labute approximate surface area is 133 Å². The number of rotatable bonds is 5. The molecule has 0 saturated carbocycles. The highest BCUT2D eigenvalue weighted by atomic mass is 79.9. The third kappa shape index (κ3) is 2.97. The Morgan fingerprint density at radius 2 is 2.20 bits per heavy atom. The number of sulfonamides is 1. The number of thiophene rings is 1. The van der Waals surface area contributed by atoms with Gasteiger partial charge in [0, 0.05) is 23.5 Å². The van der Waals surface area contributed by atoms with E-state index in [-0.39, 0.29) is 12.1 Å². The second-order valence-electron chi connectivity index (χ2n) is 5.20. The Morgan fingerprint density at radius 3 is 2.80 bits per heavy atom. The van der Waals surface area contributed by atoms with Gasteiger partial charge < -0.3 is 5.32 Å². The summed E-state index contributed by atoms with van der Waals surface area (Å²) in [5, 5.41) is 3.06. The van der Waals surface area contributed by atoms with E-state index in [1.54, 1.807) is 10.4 Å². The molecule has 0 aliphatic carbocycles. The number of nitrogens with zero attached hydrogens (tertiary/aromatic N) is 1. The van der Waals surface area contributed by atoms with E-state index in [4.69, 9.17) is 0 Å². The van der Waals surface area contributed by atoms with Crippen molar-refractivity contribution in [2.24, 2.45) is 0 Å². The van der Waals surface area contributed by atoms with Crippen molar-refractivity contribution in [2.75, 3.05) is 7.05 Å². The Morgan fingerprint density at radius 1 is 1.50 bits per heavy atom. The first-order valence-corrected chi connectivity index (χ1v) is 9.93. The van der Waals surface area contributed by atoms with Gasteiger partial charge in [0.2, 0.25) is 10.0 Å². The lowest BCUT2D eigenvalue weighted by atomic mass is 10.2. The van der Waals surface area contributed by atoms with Gasteiger partial charge in [-0.25, -0.2) is 8.42 Å². The molecule has 2 heterocycles. The SMILES string of the molecule is CCC1CCC(C)N1S(=O)(=O)c1cc(CNC)sc1Br. The fourth-order valence-electron chi connectivity index (χ4n) is 2.81. The molecule has 0 bridgehead atoms. The normalized spacial score (nSPS) is 24.4.